The number of nitrogens with zero attached hydrogens (tertiary/aromatic N) is 5. The lowest BCUT2D eigenvalue weighted by atomic mass is 9.09. The molecule has 16 heteroatoms. The van der Waals surface area contributed by atoms with Crippen LogP contribution in [0.2, 0.25) is 15.5 Å². The third kappa shape index (κ3) is 5.17. The van der Waals surface area contributed by atoms with Crippen LogP contribution in [0.25, 0.3) is 22.0 Å². The van der Waals surface area contributed by atoms with E-state index in [1.54, 1.807) is 34.2 Å². The molecule has 1 aliphatic rings. The topological polar surface area (TPSA) is 75.9 Å². The average molecular weight is 481 g/mol. The second-order valence-corrected chi connectivity index (χ2v) is 10.1. The highest BCUT2D eigenvalue weighted by Gasteiger charge is 2.54. The largest absolute Gasteiger partial charge is 0.315 e. The Bertz CT molecular complexity index is 1310. The van der Waals surface area contributed by atoms with Crippen molar-refractivity contribution in [3.63, 3.8) is 0 Å². The molecule has 3 aromatic rings. The van der Waals surface area contributed by atoms with Gasteiger partial charge >= 0.3 is 0 Å². The van der Waals surface area contributed by atoms with Gasteiger partial charge in [-0.05, 0) is 43.5 Å². The predicted molar refractivity (Wildman–Crippen MR) is 157 cm³/mol. The van der Waals surface area contributed by atoms with E-state index >= 15 is 0 Å². The van der Waals surface area contributed by atoms with Gasteiger partial charge in [0.1, 0.15) is 5.82 Å². The Morgan fingerprint density at radius 1 is 0.895 bits per heavy atom. The summed E-state index contributed by atoms with van der Waals surface area (Å²) in [6, 6.07) is 3.71. The molecule has 0 aromatic carbocycles. The van der Waals surface area contributed by atoms with Crippen molar-refractivity contribution in [1.82, 2.24) is 24.6 Å². The number of pyridine rings is 2. The third-order valence-electron chi connectivity index (χ3n) is 7.24. The molecule has 0 unspecified atom stereocenters. The fourth-order valence-electron chi connectivity index (χ4n) is 4.88. The number of nitrogens with one attached hydrogen (secondary N) is 1. The standard InChI is InChI=1S/C22H19B9N6O/c1-36-11-15(10-34-36)16-6-13-7-17(33-9-14(13)8-32-16)35-18(38)12-2-4-37(5-3-12)22(30,31)19(23,20(24,25)26)21(27,28)29/h6-12H,2-5H2,1H3,(H,33,35,38). The average Bonchev–Trinajstić information content (AvgIpc) is 3.28. The van der Waals surface area contributed by atoms with Crippen LogP contribution in [0.5, 0.6) is 0 Å². The Hall–Kier alpha value is -2.22. The molecule has 0 atom stereocenters. The van der Waals surface area contributed by atoms with Crippen molar-refractivity contribution < 1.29 is 4.79 Å². The first-order valence-electron chi connectivity index (χ1n) is 12.0. The number of hydrogen-bond acceptors (Lipinski definition) is 5. The molecule has 1 aliphatic heterocycles. The van der Waals surface area contributed by atoms with Crippen molar-refractivity contribution >= 4 is 93.1 Å². The summed E-state index contributed by atoms with van der Waals surface area (Å²) in [6.45, 7) is 0.503. The molecule has 170 valence electrons. The SMILES string of the molecule is [B]C([B])([B])C([B])(C([B])([B])[B])C([B])([B])N1CCC(C(=O)Nc2cc3cc(-c4cnn(C)c4)ncc3cn2)CC1. The molecule has 38 heavy (non-hydrogen) atoms. The van der Waals surface area contributed by atoms with E-state index in [1.807, 2.05) is 19.3 Å². The number of piperidine rings is 1. The Morgan fingerprint density at radius 2 is 1.50 bits per heavy atom. The zero-order chi connectivity index (χ0) is 28.1. The molecule has 0 bridgehead atoms. The van der Waals surface area contributed by atoms with E-state index in [4.69, 9.17) is 70.6 Å². The van der Waals surface area contributed by atoms with Crippen molar-refractivity contribution in [3.05, 3.63) is 36.9 Å². The second kappa shape index (κ2) is 10.1. The third-order valence-corrected chi connectivity index (χ3v) is 7.24. The molecule has 18 radical (unpaired) electrons. The number of amides is 1. The molecule has 4 rings (SSSR count). The van der Waals surface area contributed by atoms with Gasteiger partial charge in [-0.15, -0.1) is 10.2 Å². The van der Waals surface area contributed by atoms with Crippen molar-refractivity contribution in [2.75, 3.05) is 18.4 Å². The lowest BCUT2D eigenvalue weighted by Crippen LogP contribution is -2.67. The van der Waals surface area contributed by atoms with E-state index in [0.29, 0.717) is 18.7 Å². The summed E-state index contributed by atoms with van der Waals surface area (Å²) in [5.74, 6) is -0.139. The lowest BCUT2D eigenvalue weighted by molar-refractivity contribution is -0.121. The number of carbonyl (C=O) groups is 1. The highest BCUT2D eigenvalue weighted by molar-refractivity contribution is 6.71. The van der Waals surface area contributed by atoms with Crippen LogP contribution < -0.4 is 5.32 Å². The van der Waals surface area contributed by atoms with Gasteiger partial charge in [-0.2, -0.15) is 5.10 Å². The maximum atomic E-state index is 13.1. The quantitative estimate of drug-likeness (QED) is 0.446. The van der Waals surface area contributed by atoms with Gasteiger partial charge in [0.2, 0.25) is 5.91 Å². The minimum Gasteiger partial charge on any atom is -0.315 e. The van der Waals surface area contributed by atoms with Gasteiger partial charge in [0.05, 0.1) is 82.5 Å². The molecule has 0 spiro atoms. The van der Waals surface area contributed by atoms with E-state index in [-0.39, 0.29) is 24.9 Å². The molecule has 1 fully saturated rings. The van der Waals surface area contributed by atoms with Crippen molar-refractivity contribution in [2.45, 2.75) is 33.7 Å². The van der Waals surface area contributed by atoms with Crippen LogP contribution in [-0.4, -0.2) is 120 Å². The molecular weight excluding hydrogens is 462 g/mol. The zero-order valence-corrected chi connectivity index (χ0v) is 21.2. The maximum absolute atomic E-state index is 13.1. The summed E-state index contributed by atoms with van der Waals surface area (Å²) in [6.07, 6.45) is 7.77. The number of aryl methyl sites for hydroxylation is 1. The van der Waals surface area contributed by atoms with Crippen LogP contribution in [0.4, 0.5) is 5.82 Å². The summed E-state index contributed by atoms with van der Waals surface area (Å²) in [7, 11) is 56.1. The number of hydrogen-bond donors (Lipinski definition) is 1. The van der Waals surface area contributed by atoms with Gasteiger partial charge in [-0.25, -0.2) is 4.98 Å². The van der Waals surface area contributed by atoms with E-state index in [9.17, 15) is 4.79 Å². The van der Waals surface area contributed by atoms with E-state index in [2.05, 4.69) is 20.4 Å². The van der Waals surface area contributed by atoms with Crippen molar-refractivity contribution in [1.29, 1.82) is 0 Å². The van der Waals surface area contributed by atoms with Crippen LogP contribution in [0.1, 0.15) is 12.8 Å². The van der Waals surface area contributed by atoms with Crippen molar-refractivity contribution in [2.24, 2.45) is 13.0 Å². The summed E-state index contributed by atoms with van der Waals surface area (Å²) >= 11 is 0. The first kappa shape index (κ1) is 28.8. The highest BCUT2D eigenvalue weighted by Crippen LogP contribution is 2.61. The van der Waals surface area contributed by atoms with E-state index in [0.717, 1.165) is 22.0 Å². The molecule has 4 heterocycles. The molecule has 1 N–H and O–H groups in total. The Labute approximate surface area is 235 Å². The monoisotopic (exact) mass is 482 g/mol. The fourth-order valence-corrected chi connectivity index (χ4v) is 4.88. The summed E-state index contributed by atoms with van der Waals surface area (Å²) in [4.78, 5) is 23.5. The summed E-state index contributed by atoms with van der Waals surface area (Å²) in [5, 5.41) is 0.112. The summed E-state index contributed by atoms with van der Waals surface area (Å²) in [5.41, 5.74) is 1.64. The minimum atomic E-state index is -2.23. The molecule has 7 nitrogen and oxygen atoms in total. The lowest BCUT2D eigenvalue weighted by Gasteiger charge is -2.68. The molecular formula is C22H19B9N6O. The maximum Gasteiger partial charge on any atom is 0.228 e. The number of carbonyl (C=O) groups excluding carboxylic acids is 1. The minimum absolute atomic E-state index is 0.201. The molecule has 0 aliphatic carbocycles. The molecule has 1 amide bonds. The van der Waals surface area contributed by atoms with Gasteiger partial charge < -0.3 is 10.2 Å². The number of fused-ring (bicyclic) bond motifs is 1. The van der Waals surface area contributed by atoms with Crippen LogP contribution in [0.15, 0.2) is 36.9 Å². The smallest absolute Gasteiger partial charge is 0.228 e. The predicted octanol–water partition coefficient (Wildman–Crippen LogP) is -0.843. The highest BCUT2D eigenvalue weighted by atomic mass is 16.1. The molecule has 3 aromatic heterocycles. The van der Waals surface area contributed by atoms with Gasteiger partial charge in [0.15, 0.2) is 0 Å². The van der Waals surface area contributed by atoms with E-state index in [1.165, 1.54) is 0 Å². The molecule has 1 saturated heterocycles. The number of likely N-dealkylation sites (tertiary alicyclic amines) is 1. The Kier molecular flexibility index (Phi) is 7.63. The Balaban J connectivity index is 1.45. The van der Waals surface area contributed by atoms with Crippen LogP contribution in [0, 0.1) is 5.92 Å². The molecule has 0 saturated carbocycles. The summed E-state index contributed by atoms with van der Waals surface area (Å²) < 4.78 is 1.70. The van der Waals surface area contributed by atoms with E-state index < -0.39 is 20.9 Å². The number of rotatable bonds is 7. The van der Waals surface area contributed by atoms with Crippen molar-refractivity contribution in [3.8, 4) is 11.3 Å². The normalized spacial score (nSPS) is 16.4. The Morgan fingerprint density at radius 3 is 2.05 bits per heavy atom. The first-order chi connectivity index (χ1) is 17.5. The van der Waals surface area contributed by atoms with Crippen LogP contribution in [-0.2, 0) is 11.8 Å². The number of anilines is 1. The zero-order valence-electron chi connectivity index (χ0n) is 21.2. The number of aromatic nitrogens is 4. The van der Waals surface area contributed by atoms with Gasteiger partial charge in [0, 0.05) is 42.5 Å². The van der Waals surface area contributed by atoms with Crippen LogP contribution in [0.3, 0.4) is 0 Å². The van der Waals surface area contributed by atoms with Crippen LogP contribution >= 0.6 is 0 Å². The second-order valence-electron chi connectivity index (χ2n) is 10.1. The van der Waals surface area contributed by atoms with Gasteiger partial charge in [-0.1, -0.05) is 10.7 Å². The van der Waals surface area contributed by atoms with Gasteiger partial charge in [0.25, 0.3) is 0 Å². The fraction of sp³-hybridized carbons (Fsp3) is 0.455. The first-order valence-corrected chi connectivity index (χ1v) is 12.0. The van der Waals surface area contributed by atoms with Gasteiger partial charge in [-0.3, -0.25) is 14.5 Å².